The Morgan fingerprint density at radius 2 is 2.06 bits per heavy atom. The van der Waals surface area contributed by atoms with Crippen LogP contribution in [0.25, 0.3) is 16.0 Å². The van der Waals surface area contributed by atoms with Crippen LogP contribution in [0.3, 0.4) is 0 Å². The number of anilines is 2. The smallest absolute Gasteiger partial charge is 0.324 e. The first-order valence-corrected chi connectivity index (χ1v) is 11.0. The fourth-order valence-corrected chi connectivity index (χ4v) is 5.13. The van der Waals surface area contributed by atoms with E-state index in [0.29, 0.717) is 17.4 Å². The van der Waals surface area contributed by atoms with E-state index in [1.165, 1.54) is 24.0 Å². The fraction of sp³-hybridized carbons (Fsp3) is 0.320. The number of nitrogens with two attached hydrogens (primary N) is 1. The summed E-state index contributed by atoms with van der Waals surface area (Å²) >= 11 is 0. The maximum absolute atomic E-state index is 7.26. The van der Waals surface area contributed by atoms with Crippen molar-refractivity contribution in [1.82, 2.24) is 9.97 Å². The minimum absolute atomic E-state index is 0.164. The minimum atomic E-state index is 0.164. The van der Waals surface area contributed by atoms with Crippen molar-refractivity contribution in [3.63, 3.8) is 0 Å². The highest BCUT2D eigenvalue weighted by atomic mass is 16.5. The molecule has 1 saturated carbocycles. The molecule has 1 aromatic heterocycles. The Morgan fingerprint density at radius 1 is 1.22 bits per heavy atom. The lowest BCUT2D eigenvalue weighted by Crippen LogP contribution is -2.30. The van der Waals surface area contributed by atoms with Crippen LogP contribution in [0.5, 0.6) is 11.8 Å². The summed E-state index contributed by atoms with van der Waals surface area (Å²) in [4.78, 5) is 15.5. The average Bonchev–Trinajstić information content (AvgIpc) is 3.39. The normalized spacial score (nSPS) is 19.4. The average molecular weight is 425 g/mol. The first-order valence-electron chi connectivity index (χ1n) is 11.0. The lowest BCUT2D eigenvalue weighted by atomic mass is 10.0. The van der Waals surface area contributed by atoms with E-state index in [-0.39, 0.29) is 11.5 Å². The molecule has 6 rings (SSSR count). The Hall–Kier alpha value is -3.63. The Labute approximate surface area is 187 Å². The largest absolute Gasteiger partial charge is 0.426 e. The van der Waals surface area contributed by atoms with E-state index in [9.17, 15) is 0 Å². The van der Waals surface area contributed by atoms with Crippen molar-refractivity contribution in [1.29, 1.82) is 0 Å². The number of ether oxygens (including phenoxy) is 1. The van der Waals surface area contributed by atoms with Crippen LogP contribution in [0.2, 0.25) is 0 Å². The van der Waals surface area contributed by atoms with Crippen molar-refractivity contribution in [2.75, 3.05) is 30.4 Å². The first kappa shape index (κ1) is 19.1. The zero-order valence-corrected chi connectivity index (χ0v) is 17.9. The molecule has 7 nitrogen and oxygen atoms in total. The Balaban J connectivity index is 1.46. The first-order chi connectivity index (χ1) is 15.6. The maximum Gasteiger partial charge on any atom is 0.324 e. The van der Waals surface area contributed by atoms with Crippen molar-refractivity contribution in [2.24, 2.45) is 11.1 Å². The molecule has 3 N–H and O–H groups in total. The van der Waals surface area contributed by atoms with Crippen LogP contribution in [0.4, 0.5) is 17.2 Å². The summed E-state index contributed by atoms with van der Waals surface area (Å²) in [5.74, 6) is 1.46. The van der Waals surface area contributed by atoms with E-state index in [1.807, 2.05) is 19.2 Å². The topological polar surface area (TPSA) is 80.7 Å². The van der Waals surface area contributed by atoms with Gasteiger partial charge in [0, 0.05) is 49.3 Å². The predicted octanol–water partition coefficient (Wildman–Crippen LogP) is 4.36. The molecule has 1 atom stereocenters. The fourth-order valence-electron chi connectivity index (χ4n) is 5.13. The Bertz CT molecular complexity index is 1280. The van der Waals surface area contributed by atoms with Crippen molar-refractivity contribution in [2.45, 2.75) is 25.3 Å². The number of hydrogen-bond acceptors (Lipinski definition) is 6. The van der Waals surface area contributed by atoms with Crippen molar-refractivity contribution < 1.29 is 4.74 Å². The van der Waals surface area contributed by atoms with Crippen LogP contribution in [-0.4, -0.2) is 36.1 Å². The molecule has 7 heteroatoms. The molecular formula is C25H24N6O. The van der Waals surface area contributed by atoms with Gasteiger partial charge in [0.1, 0.15) is 11.6 Å². The van der Waals surface area contributed by atoms with Gasteiger partial charge in [0.25, 0.3) is 0 Å². The van der Waals surface area contributed by atoms with Crippen LogP contribution >= 0.6 is 0 Å². The van der Waals surface area contributed by atoms with Gasteiger partial charge >= 0.3 is 6.01 Å². The minimum Gasteiger partial charge on any atom is -0.426 e. The summed E-state index contributed by atoms with van der Waals surface area (Å²) in [7, 11) is 1.94. The van der Waals surface area contributed by atoms with Gasteiger partial charge in [-0.3, -0.25) is 0 Å². The number of fused-ring (bicyclic) bond motifs is 3. The van der Waals surface area contributed by atoms with Gasteiger partial charge in [-0.15, -0.1) is 0 Å². The number of benzene rings is 2. The van der Waals surface area contributed by atoms with Crippen LogP contribution in [0.15, 0.2) is 42.5 Å². The van der Waals surface area contributed by atoms with E-state index < -0.39 is 0 Å². The monoisotopic (exact) mass is 424 g/mol. The molecule has 2 fully saturated rings. The summed E-state index contributed by atoms with van der Waals surface area (Å²) < 4.78 is 6.06. The quantitative estimate of drug-likeness (QED) is 0.474. The van der Waals surface area contributed by atoms with Gasteiger partial charge in [0.05, 0.1) is 12.3 Å². The summed E-state index contributed by atoms with van der Waals surface area (Å²) in [6.07, 6.45) is 3.09. The predicted molar refractivity (Wildman–Crippen MR) is 124 cm³/mol. The number of rotatable bonds is 4. The zero-order chi connectivity index (χ0) is 21.9. The lowest BCUT2D eigenvalue weighted by molar-refractivity contribution is 0.440. The number of hydrogen-bond donors (Lipinski definition) is 2. The molecule has 160 valence electrons. The molecule has 3 aromatic rings. The van der Waals surface area contributed by atoms with Gasteiger partial charge in [-0.05, 0) is 42.2 Å². The Kier molecular flexibility index (Phi) is 4.14. The summed E-state index contributed by atoms with van der Waals surface area (Å²) in [5.41, 5.74) is 12.9. The van der Waals surface area contributed by atoms with Crippen LogP contribution in [0, 0.1) is 12.0 Å². The highest BCUT2D eigenvalue weighted by molar-refractivity contribution is 5.88. The molecular weight excluding hydrogens is 400 g/mol. The molecule has 3 aliphatic rings. The second-order valence-corrected chi connectivity index (χ2v) is 8.97. The van der Waals surface area contributed by atoms with Gasteiger partial charge in [0.15, 0.2) is 5.69 Å². The zero-order valence-electron chi connectivity index (χ0n) is 17.9. The van der Waals surface area contributed by atoms with Gasteiger partial charge in [0.2, 0.25) is 0 Å². The molecule has 1 saturated heterocycles. The standard InChI is InChI=1S/C25H24N6O/c1-27-15-5-3-6-16(11-15)32-24-29-20-12-18-17(7-4-8-19(18)28-2)22(20)23(30-24)31-13-21(26)25(14-31)9-10-25/h3-8,11,21,28H,9-10,12-14,26H2,2H3. The second-order valence-electron chi connectivity index (χ2n) is 8.97. The number of nitrogens with one attached hydrogen (secondary N) is 1. The molecule has 1 aliphatic heterocycles. The number of aromatic nitrogens is 2. The van der Waals surface area contributed by atoms with E-state index in [0.717, 1.165) is 42.3 Å². The summed E-state index contributed by atoms with van der Waals surface area (Å²) in [5, 5.41) is 3.31. The molecule has 2 heterocycles. The van der Waals surface area contributed by atoms with Crippen LogP contribution in [0.1, 0.15) is 24.1 Å². The van der Waals surface area contributed by atoms with E-state index in [4.69, 9.17) is 27.0 Å². The molecule has 2 aliphatic carbocycles. The second kappa shape index (κ2) is 6.94. The van der Waals surface area contributed by atoms with E-state index in [2.05, 4.69) is 33.3 Å². The highest BCUT2D eigenvalue weighted by Crippen LogP contribution is 2.54. The van der Waals surface area contributed by atoms with Crippen molar-refractivity contribution >= 4 is 17.2 Å². The highest BCUT2D eigenvalue weighted by Gasteiger charge is 2.54. The van der Waals surface area contributed by atoms with Gasteiger partial charge in [-0.2, -0.15) is 9.97 Å². The van der Waals surface area contributed by atoms with Gasteiger partial charge in [-0.1, -0.05) is 24.3 Å². The molecule has 1 spiro atoms. The third kappa shape index (κ3) is 2.91. The van der Waals surface area contributed by atoms with Crippen molar-refractivity contribution in [3.8, 4) is 22.9 Å². The molecule has 0 amide bonds. The van der Waals surface area contributed by atoms with Crippen LogP contribution in [-0.2, 0) is 6.42 Å². The van der Waals surface area contributed by atoms with E-state index >= 15 is 0 Å². The summed E-state index contributed by atoms with van der Waals surface area (Å²) in [6, 6.07) is 13.9. The summed E-state index contributed by atoms with van der Waals surface area (Å²) in [6.45, 7) is 8.97. The lowest BCUT2D eigenvalue weighted by Gasteiger charge is -2.21. The van der Waals surface area contributed by atoms with Crippen molar-refractivity contribution in [3.05, 3.63) is 65.1 Å². The third-order valence-corrected chi connectivity index (χ3v) is 7.06. The molecule has 0 radical (unpaired) electrons. The molecule has 2 aromatic carbocycles. The third-order valence-electron chi connectivity index (χ3n) is 7.06. The van der Waals surface area contributed by atoms with Gasteiger partial charge < -0.3 is 20.7 Å². The Morgan fingerprint density at radius 3 is 2.81 bits per heavy atom. The number of nitrogens with zero attached hydrogens (tertiary/aromatic N) is 4. The molecule has 1 unspecified atom stereocenters. The molecule has 0 bridgehead atoms. The van der Waals surface area contributed by atoms with Crippen LogP contribution < -0.4 is 20.7 Å². The van der Waals surface area contributed by atoms with E-state index in [1.54, 1.807) is 12.1 Å². The SMILES string of the molecule is [C-]#[N+]c1cccc(Oc2nc3c(c(N4CC(N)C5(CC5)C4)n2)-c2cccc(NC)c2C3)c1. The maximum atomic E-state index is 7.26. The van der Waals surface area contributed by atoms with Gasteiger partial charge in [-0.25, -0.2) is 4.85 Å². The molecule has 32 heavy (non-hydrogen) atoms.